The van der Waals surface area contributed by atoms with Crippen LogP contribution < -0.4 is 15.6 Å². The van der Waals surface area contributed by atoms with Gasteiger partial charge in [0, 0.05) is 16.1 Å². The van der Waals surface area contributed by atoms with Gasteiger partial charge >= 0.3 is 0 Å². The monoisotopic (exact) mass is 461 g/mol. The van der Waals surface area contributed by atoms with Gasteiger partial charge in [-0.05, 0) is 54.8 Å². The van der Waals surface area contributed by atoms with Crippen LogP contribution in [0.5, 0.6) is 0 Å². The van der Waals surface area contributed by atoms with Gasteiger partial charge in [-0.15, -0.1) is 23.1 Å². The number of hydrazine groups is 1. The van der Waals surface area contributed by atoms with Crippen LogP contribution in [0.4, 0.5) is 5.69 Å². The Balaban J connectivity index is 1.52. The molecule has 2 aromatic carbocycles. The molecule has 0 fully saturated rings. The first-order valence-electron chi connectivity index (χ1n) is 8.83. The van der Waals surface area contributed by atoms with Crippen molar-refractivity contribution >= 4 is 50.6 Å². The number of hydrogen-bond donors (Lipinski definition) is 3. The molecule has 0 saturated carbocycles. The largest absolute Gasteiger partial charge is 0.279 e. The highest BCUT2D eigenvalue weighted by Crippen LogP contribution is 2.22. The molecule has 30 heavy (non-hydrogen) atoms. The van der Waals surface area contributed by atoms with Crippen LogP contribution in [-0.2, 0) is 14.8 Å². The summed E-state index contributed by atoms with van der Waals surface area (Å²) >= 11 is 2.49. The molecule has 1 atom stereocenters. The predicted octanol–water partition coefficient (Wildman–Crippen LogP) is 3.49. The summed E-state index contributed by atoms with van der Waals surface area (Å²) in [5, 5.41) is 1.27. The van der Waals surface area contributed by atoms with E-state index in [2.05, 4.69) is 15.6 Å². The van der Waals surface area contributed by atoms with Gasteiger partial charge < -0.3 is 0 Å². The van der Waals surface area contributed by atoms with Crippen molar-refractivity contribution in [2.24, 2.45) is 0 Å². The number of hydrogen-bond acceptors (Lipinski definition) is 6. The standard InChI is InChI=1S/C20H19N3O4S3/c1-14(29-17-6-3-2-4-7-17)19(24)21-22-20(25)15-9-11-16(12-10-15)23-30(26,27)18-8-5-13-28-18/h2-14,23H,1H3,(H,21,24)(H,22,25)/t14-/m0/s1. The third kappa shape index (κ3) is 5.85. The van der Waals surface area contributed by atoms with Crippen molar-refractivity contribution in [1.82, 2.24) is 10.9 Å². The molecular weight excluding hydrogens is 442 g/mol. The summed E-state index contributed by atoms with van der Waals surface area (Å²) < 4.78 is 27.1. The molecule has 1 aromatic heterocycles. The Labute approximate surface area is 182 Å². The highest BCUT2D eigenvalue weighted by molar-refractivity contribution is 8.00. The van der Waals surface area contributed by atoms with Crippen molar-refractivity contribution in [1.29, 1.82) is 0 Å². The molecule has 0 unspecified atom stereocenters. The number of thiophene rings is 1. The van der Waals surface area contributed by atoms with E-state index in [1.54, 1.807) is 18.4 Å². The van der Waals surface area contributed by atoms with Crippen molar-refractivity contribution in [2.75, 3.05) is 4.72 Å². The molecule has 2 amide bonds. The van der Waals surface area contributed by atoms with Crippen LogP contribution in [0, 0.1) is 0 Å². The first-order chi connectivity index (χ1) is 14.3. The maximum atomic E-state index is 12.2. The summed E-state index contributed by atoms with van der Waals surface area (Å²) in [7, 11) is -3.65. The van der Waals surface area contributed by atoms with Crippen LogP contribution in [0.1, 0.15) is 17.3 Å². The minimum absolute atomic E-state index is 0.203. The fraction of sp³-hybridized carbons (Fsp3) is 0.100. The Kier molecular flexibility index (Phi) is 7.14. The molecule has 0 aliphatic rings. The number of amides is 2. The third-order valence-corrected chi connectivity index (χ3v) is 7.77. The zero-order valence-electron chi connectivity index (χ0n) is 15.9. The van der Waals surface area contributed by atoms with E-state index in [-0.39, 0.29) is 15.7 Å². The lowest BCUT2D eigenvalue weighted by Gasteiger charge is -2.13. The molecule has 3 aromatic rings. The van der Waals surface area contributed by atoms with E-state index in [1.807, 2.05) is 30.3 Å². The smallest absolute Gasteiger partial charge is 0.271 e. The van der Waals surface area contributed by atoms with Gasteiger partial charge in [0.1, 0.15) is 4.21 Å². The molecule has 1 heterocycles. The van der Waals surface area contributed by atoms with Crippen LogP contribution in [-0.4, -0.2) is 25.5 Å². The number of nitrogens with one attached hydrogen (secondary N) is 3. The summed E-state index contributed by atoms with van der Waals surface area (Å²) in [5.74, 6) is -0.842. The number of thioether (sulfide) groups is 1. The highest BCUT2D eigenvalue weighted by atomic mass is 32.2. The third-order valence-electron chi connectivity index (χ3n) is 3.88. The van der Waals surface area contributed by atoms with Crippen molar-refractivity contribution in [3.05, 3.63) is 77.7 Å². The summed E-state index contributed by atoms with van der Waals surface area (Å²) in [6.07, 6.45) is 0. The molecular formula is C20H19N3O4S3. The van der Waals surface area contributed by atoms with Crippen LogP contribution in [0.25, 0.3) is 0 Å². The highest BCUT2D eigenvalue weighted by Gasteiger charge is 2.17. The van der Waals surface area contributed by atoms with E-state index in [9.17, 15) is 18.0 Å². The Morgan fingerprint density at radius 1 is 0.933 bits per heavy atom. The van der Waals surface area contributed by atoms with Crippen LogP contribution in [0.15, 0.2) is 81.2 Å². The number of carbonyl (C=O) groups is 2. The molecule has 0 bridgehead atoms. The molecule has 0 spiro atoms. The number of anilines is 1. The molecule has 156 valence electrons. The fourth-order valence-electron chi connectivity index (χ4n) is 2.36. The maximum Gasteiger partial charge on any atom is 0.271 e. The first kappa shape index (κ1) is 21.9. The fourth-order valence-corrected chi connectivity index (χ4v) is 5.30. The minimum Gasteiger partial charge on any atom is -0.279 e. The molecule has 0 aliphatic heterocycles. The van der Waals surface area contributed by atoms with Crippen LogP contribution in [0.3, 0.4) is 0 Å². The normalized spacial score (nSPS) is 12.0. The maximum absolute atomic E-state index is 12.2. The Hall–Kier alpha value is -2.82. The van der Waals surface area contributed by atoms with Gasteiger partial charge in [0.15, 0.2) is 0 Å². The second-order valence-corrected chi connectivity index (χ2v) is 10.4. The van der Waals surface area contributed by atoms with E-state index in [0.29, 0.717) is 5.69 Å². The second kappa shape index (κ2) is 9.79. The average Bonchev–Trinajstić information content (AvgIpc) is 3.29. The van der Waals surface area contributed by atoms with Gasteiger partial charge in [-0.25, -0.2) is 8.42 Å². The number of rotatable bonds is 7. The Bertz CT molecular complexity index is 1100. The van der Waals surface area contributed by atoms with Gasteiger partial charge in [0.25, 0.3) is 21.8 Å². The van der Waals surface area contributed by atoms with Crippen LogP contribution >= 0.6 is 23.1 Å². The summed E-state index contributed by atoms with van der Waals surface area (Å²) in [6, 6.07) is 18.5. The van der Waals surface area contributed by atoms with Crippen molar-refractivity contribution in [3.63, 3.8) is 0 Å². The molecule has 0 aliphatic carbocycles. The lowest BCUT2D eigenvalue weighted by molar-refractivity contribution is -0.121. The van der Waals surface area contributed by atoms with Gasteiger partial charge in [-0.1, -0.05) is 24.3 Å². The van der Waals surface area contributed by atoms with Crippen molar-refractivity contribution in [2.45, 2.75) is 21.3 Å². The topological polar surface area (TPSA) is 104 Å². The quantitative estimate of drug-likeness (QED) is 0.369. The Morgan fingerprint density at radius 2 is 1.63 bits per heavy atom. The lowest BCUT2D eigenvalue weighted by Crippen LogP contribution is -2.44. The van der Waals surface area contributed by atoms with E-state index < -0.39 is 21.2 Å². The summed E-state index contributed by atoms with van der Waals surface area (Å²) in [6.45, 7) is 1.74. The van der Waals surface area contributed by atoms with E-state index in [4.69, 9.17) is 0 Å². The minimum atomic E-state index is -3.65. The lowest BCUT2D eigenvalue weighted by atomic mass is 10.2. The Morgan fingerprint density at radius 3 is 2.27 bits per heavy atom. The molecule has 3 N–H and O–H groups in total. The average molecular weight is 462 g/mol. The zero-order chi connectivity index (χ0) is 21.6. The summed E-state index contributed by atoms with van der Waals surface area (Å²) in [4.78, 5) is 25.4. The van der Waals surface area contributed by atoms with E-state index in [0.717, 1.165) is 16.2 Å². The van der Waals surface area contributed by atoms with Gasteiger partial charge in [-0.2, -0.15) is 0 Å². The predicted molar refractivity (Wildman–Crippen MR) is 119 cm³/mol. The summed E-state index contributed by atoms with van der Waals surface area (Å²) in [5.41, 5.74) is 5.38. The molecule has 0 radical (unpaired) electrons. The molecule has 3 rings (SSSR count). The van der Waals surface area contributed by atoms with Crippen molar-refractivity contribution < 1.29 is 18.0 Å². The van der Waals surface area contributed by atoms with E-state index in [1.165, 1.54) is 42.1 Å². The number of carbonyl (C=O) groups excluding carboxylic acids is 2. The molecule has 0 saturated heterocycles. The zero-order valence-corrected chi connectivity index (χ0v) is 18.3. The SMILES string of the molecule is C[C@H](Sc1ccccc1)C(=O)NNC(=O)c1ccc(NS(=O)(=O)c2cccs2)cc1. The van der Waals surface area contributed by atoms with E-state index >= 15 is 0 Å². The number of sulfonamides is 1. The van der Waals surface area contributed by atoms with Crippen molar-refractivity contribution in [3.8, 4) is 0 Å². The van der Waals surface area contributed by atoms with Gasteiger partial charge in [0.05, 0.1) is 5.25 Å². The molecule has 7 nitrogen and oxygen atoms in total. The van der Waals surface area contributed by atoms with Gasteiger partial charge in [-0.3, -0.25) is 25.2 Å². The number of benzene rings is 2. The van der Waals surface area contributed by atoms with Gasteiger partial charge in [0.2, 0.25) is 0 Å². The first-order valence-corrected chi connectivity index (χ1v) is 12.1. The second-order valence-electron chi connectivity index (χ2n) is 6.13. The van der Waals surface area contributed by atoms with Crippen LogP contribution in [0.2, 0.25) is 0 Å². The molecule has 10 heteroatoms.